The van der Waals surface area contributed by atoms with Crippen LogP contribution >= 0.6 is 0 Å². The molecule has 182 valence electrons. The number of para-hydroxylation sites is 1. The van der Waals surface area contributed by atoms with Crippen LogP contribution in [0.25, 0.3) is 10.9 Å². The number of rotatable bonds is 5. The van der Waals surface area contributed by atoms with Gasteiger partial charge in [-0.2, -0.15) is 10.1 Å². The topological polar surface area (TPSA) is 97.8 Å². The number of nitrogens with zero attached hydrogens (tertiary/aromatic N) is 3. The third-order valence-corrected chi connectivity index (χ3v) is 8.16. The lowest BCUT2D eigenvalue weighted by atomic mass is 9.55. The minimum absolute atomic E-state index is 0.158. The fraction of sp³-hybridized carbons (Fsp3) is 0.200. The van der Waals surface area contributed by atoms with Gasteiger partial charge in [-0.25, -0.2) is 0 Å². The van der Waals surface area contributed by atoms with Crippen LogP contribution in [0.4, 0.5) is 0 Å². The van der Waals surface area contributed by atoms with Crippen molar-refractivity contribution >= 4 is 34.8 Å². The maximum absolute atomic E-state index is 13.8. The summed E-state index contributed by atoms with van der Waals surface area (Å²) in [5.41, 5.74) is 11.6. The Hall–Kier alpha value is -4.52. The lowest BCUT2D eigenvalue weighted by molar-refractivity contribution is -0.140. The molecular weight excluding hydrogens is 464 g/mol. The number of aryl methyl sites for hydroxylation is 1. The number of hydrogen-bond acceptors (Lipinski definition) is 4. The third kappa shape index (κ3) is 3.06. The molecule has 3 aromatic carbocycles. The predicted molar refractivity (Wildman–Crippen MR) is 139 cm³/mol. The number of carbonyl (C=O) groups excluding carboxylic acids is 3. The molecule has 0 spiro atoms. The maximum atomic E-state index is 13.8. The Balaban J connectivity index is 1.27. The molecule has 8 rings (SSSR count). The molecule has 0 saturated carbocycles. The first-order valence-electron chi connectivity index (χ1n) is 12.5. The van der Waals surface area contributed by atoms with Crippen molar-refractivity contribution in [2.45, 2.75) is 24.8 Å². The van der Waals surface area contributed by atoms with Crippen LogP contribution in [-0.2, 0) is 20.9 Å². The summed E-state index contributed by atoms with van der Waals surface area (Å²) in [7, 11) is 0. The summed E-state index contributed by atoms with van der Waals surface area (Å²) in [4.78, 5) is 38.9. The molecule has 1 aromatic heterocycles. The van der Waals surface area contributed by atoms with Gasteiger partial charge < -0.3 is 10.3 Å². The van der Waals surface area contributed by atoms with E-state index in [0.717, 1.165) is 43.7 Å². The van der Waals surface area contributed by atoms with Gasteiger partial charge in [-0.3, -0.25) is 14.4 Å². The highest BCUT2D eigenvalue weighted by atomic mass is 16.2. The molecule has 2 atom stereocenters. The second-order valence-electron chi connectivity index (χ2n) is 10.0. The van der Waals surface area contributed by atoms with Crippen LogP contribution in [0.15, 0.2) is 84.1 Å². The van der Waals surface area contributed by atoms with E-state index in [9.17, 15) is 14.4 Å². The molecule has 4 aliphatic rings. The third-order valence-electron chi connectivity index (χ3n) is 8.16. The zero-order chi connectivity index (χ0) is 25.3. The Morgan fingerprint density at radius 1 is 0.811 bits per heavy atom. The largest absolute Gasteiger partial charge is 0.370 e. The van der Waals surface area contributed by atoms with E-state index in [1.54, 1.807) is 6.21 Å². The highest BCUT2D eigenvalue weighted by molar-refractivity contribution is 6.09. The van der Waals surface area contributed by atoms with Crippen molar-refractivity contribution < 1.29 is 14.4 Å². The summed E-state index contributed by atoms with van der Waals surface area (Å²) in [6.07, 6.45) is 3.68. The van der Waals surface area contributed by atoms with E-state index in [1.165, 1.54) is 0 Å². The Kier molecular flexibility index (Phi) is 4.70. The van der Waals surface area contributed by atoms with Crippen molar-refractivity contribution in [3.05, 3.63) is 107 Å². The quantitative estimate of drug-likeness (QED) is 0.342. The van der Waals surface area contributed by atoms with Gasteiger partial charge in [-0.1, -0.05) is 66.7 Å². The van der Waals surface area contributed by atoms with E-state index in [2.05, 4.69) is 29.4 Å². The zero-order valence-corrected chi connectivity index (χ0v) is 20.0. The van der Waals surface area contributed by atoms with Crippen molar-refractivity contribution in [3.63, 3.8) is 0 Å². The molecule has 7 nitrogen and oxygen atoms in total. The lowest BCUT2D eigenvalue weighted by Crippen LogP contribution is -2.41. The number of fused-ring (bicyclic) bond motifs is 1. The number of hydrazone groups is 1. The molecule has 3 aliphatic carbocycles. The SMILES string of the molecule is NC(=O)CCn1cc(/C=N\N2C(=O)[C@H]3C4c5ccccc5C(c5ccccc54)[C@@H]3C2=O)c2ccccc21. The molecule has 2 N–H and O–H groups in total. The lowest BCUT2D eigenvalue weighted by Gasteiger charge is -2.45. The van der Waals surface area contributed by atoms with Crippen LogP contribution < -0.4 is 5.73 Å². The Morgan fingerprint density at radius 3 is 1.86 bits per heavy atom. The van der Waals surface area contributed by atoms with Crippen molar-refractivity contribution in [1.29, 1.82) is 0 Å². The van der Waals surface area contributed by atoms with Crippen LogP contribution in [0.5, 0.6) is 0 Å². The summed E-state index contributed by atoms with van der Waals surface area (Å²) in [6.45, 7) is 0.440. The molecule has 37 heavy (non-hydrogen) atoms. The van der Waals surface area contributed by atoms with E-state index in [0.29, 0.717) is 6.54 Å². The number of carbonyl (C=O) groups is 3. The van der Waals surface area contributed by atoms with Crippen molar-refractivity contribution in [2.75, 3.05) is 0 Å². The van der Waals surface area contributed by atoms with Gasteiger partial charge in [0.1, 0.15) is 0 Å². The maximum Gasteiger partial charge on any atom is 0.254 e. The van der Waals surface area contributed by atoms with Crippen LogP contribution in [0.3, 0.4) is 0 Å². The molecule has 2 bridgehead atoms. The summed E-state index contributed by atoms with van der Waals surface area (Å²) >= 11 is 0. The highest BCUT2D eigenvalue weighted by Crippen LogP contribution is 2.60. The van der Waals surface area contributed by atoms with Crippen molar-refractivity contribution in [2.24, 2.45) is 22.7 Å². The number of amides is 3. The molecule has 0 radical (unpaired) electrons. The van der Waals surface area contributed by atoms with Gasteiger partial charge in [-0.15, -0.1) is 0 Å². The van der Waals surface area contributed by atoms with Crippen LogP contribution in [0.2, 0.25) is 0 Å². The molecule has 2 heterocycles. The first-order chi connectivity index (χ1) is 18.0. The van der Waals surface area contributed by atoms with Gasteiger partial charge in [0.05, 0.1) is 18.1 Å². The van der Waals surface area contributed by atoms with Gasteiger partial charge in [-0.05, 0) is 28.3 Å². The summed E-state index contributed by atoms with van der Waals surface area (Å²) < 4.78 is 1.95. The first kappa shape index (κ1) is 21.7. The van der Waals surface area contributed by atoms with Crippen LogP contribution in [0, 0.1) is 11.8 Å². The fourth-order valence-corrected chi connectivity index (χ4v) is 6.69. The molecule has 0 unspecified atom stereocenters. The monoisotopic (exact) mass is 488 g/mol. The molecule has 1 aliphatic heterocycles. The van der Waals surface area contributed by atoms with Gasteiger partial charge in [0.15, 0.2) is 0 Å². The van der Waals surface area contributed by atoms with Crippen LogP contribution in [-0.4, -0.2) is 33.5 Å². The number of hydrogen-bond donors (Lipinski definition) is 1. The van der Waals surface area contributed by atoms with Crippen molar-refractivity contribution in [3.8, 4) is 0 Å². The Bertz CT molecular complexity index is 1540. The average Bonchev–Trinajstić information content (AvgIpc) is 3.40. The van der Waals surface area contributed by atoms with Gasteiger partial charge in [0, 0.05) is 47.5 Å². The molecule has 3 amide bonds. The Labute approximate surface area is 213 Å². The number of aromatic nitrogens is 1. The highest BCUT2D eigenvalue weighted by Gasteiger charge is 2.61. The van der Waals surface area contributed by atoms with E-state index < -0.39 is 11.8 Å². The molecule has 7 heteroatoms. The van der Waals surface area contributed by atoms with Gasteiger partial charge >= 0.3 is 0 Å². The van der Waals surface area contributed by atoms with Gasteiger partial charge in [0.25, 0.3) is 11.8 Å². The van der Waals surface area contributed by atoms with E-state index in [-0.39, 0.29) is 36.0 Å². The van der Waals surface area contributed by atoms with E-state index >= 15 is 0 Å². The second kappa shape index (κ2) is 8.00. The molecule has 1 saturated heterocycles. The standard InChI is InChI=1S/C30H24N4O3/c31-24(35)13-14-33-16-17(18-7-5-6-12-23(18)33)15-32-34-29(36)27-25-19-8-1-2-9-20(19)26(28(27)30(34)37)22-11-4-3-10-21(22)25/h1-12,15-16,25-28H,13-14H2,(H2,31,35)/b32-15-/t25?,26?,27-,28-/m0/s1. The number of primary amides is 1. The Morgan fingerprint density at radius 2 is 1.32 bits per heavy atom. The van der Waals surface area contributed by atoms with E-state index in [4.69, 9.17) is 5.73 Å². The minimum Gasteiger partial charge on any atom is -0.370 e. The van der Waals surface area contributed by atoms with Crippen LogP contribution in [0.1, 0.15) is 46.1 Å². The van der Waals surface area contributed by atoms with Gasteiger partial charge in [0.2, 0.25) is 5.91 Å². The number of benzene rings is 3. The minimum atomic E-state index is -0.462. The second-order valence-corrected chi connectivity index (χ2v) is 10.0. The normalized spacial score (nSPS) is 23.5. The summed E-state index contributed by atoms with van der Waals surface area (Å²) in [5.74, 6) is -2.11. The molecule has 4 aromatic rings. The fourth-order valence-electron chi connectivity index (χ4n) is 6.69. The smallest absolute Gasteiger partial charge is 0.254 e. The predicted octanol–water partition coefficient (Wildman–Crippen LogP) is 3.74. The molecule has 1 fully saturated rings. The summed E-state index contributed by atoms with van der Waals surface area (Å²) in [6, 6.07) is 24.1. The number of nitrogens with two attached hydrogens (primary N) is 1. The average molecular weight is 489 g/mol. The van der Waals surface area contributed by atoms with Crippen molar-refractivity contribution in [1.82, 2.24) is 9.58 Å². The summed E-state index contributed by atoms with van der Waals surface area (Å²) in [5, 5.41) is 6.47. The first-order valence-corrected chi connectivity index (χ1v) is 12.5. The number of imide groups is 1. The van der Waals surface area contributed by atoms with E-state index in [1.807, 2.05) is 59.3 Å². The molecular formula is C30H24N4O3. The zero-order valence-electron chi connectivity index (χ0n) is 20.0.